The van der Waals surface area contributed by atoms with Crippen molar-refractivity contribution in [3.63, 3.8) is 0 Å². The largest absolute Gasteiger partial charge is 0.397 e. The van der Waals surface area contributed by atoms with Gasteiger partial charge in [0.1, 0.15) is 0 Å². The molecular weight excluding hydrogens is 240 g/mol. The van der Waals surface area contributed by atoms with E-state index in [1.165, 1.54) is 0 Å². The molecule has 1 aromatic carbocycles. The lowest BCUT2D eigenvalue weighted by Gasteiger charge is -2.09. The second kappa shape index (κ2) is 5.86. The van der Waals surface area contributed by atoms with Crippen molar-refractivity contribution in [1.82, 2.24) is 4.98 Å². The summed E-state index contributed by atoms with van der Waals surface area (Å²) >= 11 is 0. The Morgan fingerprint density at radius 3 is 2.74 bits per heavy atom. The van der Waals surface area contributed by atoms with Crippen LogP contribution >= 0.6 is 0 Å². The van der Waals surface area contributed by atoms with Crippen LogP contribution in [-0.4, -0.2) is 17.4 Å². The Hall–Kier alpha value is -2.56. The Balaban J connectivity index is 1.95. The summed E-state index contributed by atoms with van der Waals surface area (Å²) in [4.78, 5) is 15.2. The molecule has 5 N–H and O–H groups in total. The van der Waals surface area contributed by atoms with E-state index in [1.54, 1.807) is 24.4 Å². The summed E-state index contributed by atoms with van der Waals surface area (Å²) in [5, 5.41) is 3.21. The van der Waals surface area contributed by atoms with Crippen molar-refractivity contribution in [3.8, 4) is 0 Å². The van der Waals surface area contributed by atoms with E-state index in [0.717, 1.165) is 24.3 Å². The van der Waals surface area contributed by atoms with Crippen LogP contribution in [0.5, 0.6) is 0 Å². The molecule has 19 heavy (non-hydrogen) atoms. The number of nitrogens with zero attached hydrogens (tertiary/aromatic N) is 1. The number of nitrogens with one attached hydrogen (secondary N) is 1. The number of carbonyl (C=O) groups is 1. The van der Waals surface area contributed by atoms with Crippen LogP contribution < -0.4 is 16.8 Å². The highest BCUT2D eigenvalue weighted by atomic mass is 16.1. The number of anilines is 2. The second-order valence-corrected chi connectivity index (χ2v) is 4.16. The number of nitrogens with two attached hydrogens (primary N) is 2. The number of nitrogen functional groups attached to an aromatic ring is 1. The Bertz CT molecular complexity index is 569. The molecule has 0 saturated carbocycles. The minimum absolute atomic E-state index is 0.410. The van der Waals surface area contributed by atoms with Crippen LogP contribution in [-0.2, 0) is 6.42 Å². The van der Waals surface area contributed by atoms with E-state index >= 15 is 0 Å². The highest BCUT2D eigenvalue weighted by molar-refractivity contribution is 5.94. The van der Waals surface area contributed by atoms with Crippen molar-refractivity contribution in [3.05, 3.63) is 53.9 Å². The van der Waals surface area contributed by atoms with Gasteiger partial charge in [-0.2, -0.15) is 0 Å². The minimum Gasteiger partial charge on any atom is -0.397 e. The quantitative estimate of drug-likeness (QED) is 0.705. The summed E-state index contributed by atoms with van der Waals surface area (Å²) in [5.74, 6) is -0.480. The first-order valence-corrected chi connectivity index (χ1v) is 6.00. The smallest absolute Gasteiger partial charge is 0.248 e. The molecule has 0 atom stereocenters. The number of pyridine rings is 1. The first kappa shape index (κ1) is 12.9. The fourth-order valence-corrected chi connectivity index (χ4v) is 1.75. The topological polar surface area (TPSA) is 94.0 Å². The third-order valence-corrected chi connectivity index (χ3v) is 2.76. The zero-order valence-corrected chi connectivity index (χ0v) is 10.5. The summed E-state index contributed by atoms with van der Waals surface area (Å²) in [6.45, 7) is 0.719. The molecule has 5 nitrogen and oxygen atoms in total. The molecule has 0 aliphatic rings. The van der Waals surface area contributed by atoms with E-state index in [-0.39, 0.29) is 0 Å². The maximum Gasteiger partial charge on any atom is 0.248 e. The van der Waals surface area contributed by atoms with Crippen LogP contribution in [0.15, 0.2) is 42.6 Å². The lowest BCUT2D eigenvalue weighted by Crippen LogP contribution is -2.12. The first-order valence-electron chi connectivity index (χ1n) is 6.00. The molecule has 2 rings (SSSR count). The van der Waals surface area contributed by atoms with Crippen molar-refractivity contribution in [1.29, 1.82) is 0 Å². The maximum absolute atomic E-state index is 11.0. The number of hydrogen-bond acceptors (Lipinski definition) is 4. The molecule has 0 bridgehead atoms. The fraction of sp³-hybridized carbons (Fsp3) is 0.143. The van der Waals surface area contributed by atoms with Crippen molar-refractivity contribution in [2.45, 2.75) is 6.42 Å². The van der Waals surface area contributed by atoms with E-state index in [4.69, 9.17) is 11.5 Å². The zero-order chi connectivity index (χ0) is 13.7. The van der Waals surface area contributed by atoms with Gasteiger partial charge in [0.05, 0.1) is 11.4 Å². The lowest BCUT2D eigenvalue weighted by molar-refractivity contribution is 0.100. The lowest BCUT2D eigenvalue weighted by atomic mass is 10.1. The molecule has 1 heterocycles. The summed E-state index contributed by atoms with van der Waals surface area (Å²) < 4.78 is 0. The van der Waals surface area contributed by atoms with Crippen LogP contribution in [0.4, 0.5) is 11.4 Å². The van der Waals surface area contributed by atoms with Crippen molar-refractivity contribution in [2.24, 2.45) is 5.73 Å². The standard InChI is InChI=1S/C14H16N4O/c15-12-9-10(14(16)19)4-5-13(12)18-8-6-11-3-1-2-7-17-11/h1-5,7,9,18H,6,8,15H2,(H2,16,19). The van der Waals surface area contributed by atoms with Gasteiger partial charge in [-0.25, -0.2) is 0 Å². The maximum atomic E-state index is 11.0. The van der Waals surface area contributed by atoms with Gasteiger partial charge in [-0.3, -0.25) is 9.78 Å². The second-order valence-electron chi connectivity index (χ2n) is 4.16. The molecule has 0 spiro atoms. The number of primary amides is 1. The third-order valence-electron chi connectivity index (χ3n) is 2.76. The van der Waals surface area contributed by atoms with Gasteiger partial charge in [-0.15, -0.1) is 0 Å². The SMILES string of the molecule is NC(=O)c1ccc(NCCc2ccccn2)c(N)c1. The average molecular weight is 256 g/mol. The minimum atomic E-state index is -0.480. The van der Waals surface area contributed by atoms with Gasteiger partial charge in [-0.05, 0) is 30.3 Å². The number of carbonyl (C=O) groups excluding carboxylic acids is 1. The molecule has 0 saturated heterocycles. The van der Waals surface area contributed by atoms with Gasteiger partial charge < -0.3 is 16.8 Å². The van der Waals surface area contributed by atoms with Crippen molar-refractivity contribution in [2.75, 3.05) is 17.6 Å². The monoisotopic (exact) mass is 256 g/mol. The van der Waals surface area contributed by atoms with Gasteiger partial charge in [0.25, 0.3) is 0 Å². The normalized spacial score (nSPS) is 10.1. The van der Waals surface area contributed by atoms with Crippen LogP contribution in [0.1, 0.15) is 16.1 Å². The Kier molecular flexibility index (Phi) is 3.97. The zero-order valence-electron chi connectivity index (χ0n) is 10.5. The molecule has 0 fully saturated rings. The van der Waals surface area contributed by atoms with E-state index in [1.807, 2.05) is 18.2 Å². The average Bonchev–Trinajstić information content (AvgIpc) is 2.41. The third kappa shape index (κ3) is 3.45. The Labute approximate surface area is 111 Å². The highest BCUT2D eigenvalue weighted by Gasteiger charge is 2.04. The molecule has 2 aromatic rings. The van der Waals surface area contributed by atoms with E-state index < -0.39 is 5.91 Å². The first-order chi connectivity index (χ1) is 9.16. The molecule has 0 radical (unpaired) electrons. The molecule has 0 aliphatic heterocycles. The molecular formula is C14H16N4O. The van der Waals surface area contributed by atoms with Gasteiger partial charge in [0.15, 0.2) is 0 Å². The predicted molar refractivity (Wildman–Crippen MR) is 75.8 cm³/mol. The van der Waals surface area contributed by atoms with Crippen molar-refractivity contribution >= 4 is 17.3 Å². The summed E-state index contributed by atoms with van der Waals surface area (Å²) in [6.07, 6.45) is 2.57. The van der Waals surface area contributed by atoms with E-state index in [9.17, 15) is 4.79 Å². The number of amides is 1. The summed E-state index contributed by atoms with van der Waals surface area (Å²) in [7, 11) is 0. The van der Waals surface area contributed by atoms with Gasteiger partial charge >= 0.3 is 0 Å². The molecule has 0 aliphatic carbocycles. The number of benzene rings is 1. The van der Waals surface area contributed by atoms with Crippen LogP contribution in [0.2, 0.25) is 0 Å². The van der Waals surface area contributed by atoms with E-state index in [2.05, 4.69) is 10.3 Å². The van der Waals surface area contributed by atoms with Crippen LogP contribution in [0, 0.1) is 0 Å². The molecule has 98 valence electrons. The number of rotatable bonds is 5. The fourth-order valence-electron chi connectivity index (χ4n) is 1.75. The number of aromatic nitrogens is 1. The Morgan fingerprint density at radius 2 is 2.11 bits per heavy atom. The Morgan fingerprint density at radius 1 is 1.26 bits per heavy atom. The van der Waals surface area contributed by atoms with Crippen LogP contribution in [0.3, 0.4) is 0 Å². The predicted octanol–water partition coefficient (Wildman–Crippen LogP) is 1.42. The molecule has 0 unspecified atom stereocenters. The summed E-state index contributed by atoms with van der Waals surface area (Å²) in [5.41, 5.74) is 13.8. The summed E-state index contributed by atoms with van der Waals surface area (Å²) in [6, 6.07) is 10.8. The molecule has 1 amide bonds. The molecule has 1 aromatic heterocycles. The van der Waals surface area contributed by atoms with Crippen LogP contribution in [0.25, 0.3) is 0 Å². The van der Waals surface area contributed by atoms with Gasteiger partial charge in [0, 0.05) is 30.4 Å². The van der Waals surface area contributed by atoms with Gasteiger partial charge in [0.2, 0.25) is 5.91 Å². The van der Waals surface area contributed by atoms with Gasteiger partial charge in [-0.1, -0.05) is 6.07 Å². The molecule has 5 heteroatoms. The van der Waals surface area contributed by atoms with E-state index in [0.29, 0.717) is 11.3 Å². The highest BCUT2D eigenvalue weighted by Crippen LogP contribution is 2.19. The number of hydrogen-bond donors (Lipinski definition) is 3. The van der Waals surface area contributed by atoms with Crippen molar-refractivity contribution < 1.29 is 4.79 Å².